The maximum atomic E-state index is 13.0. The van der Waals surface area contributed by atoms with Crippen LogP contribution in [-0.2, 0) is 16.4 Å². The summed E-state index contributed by atoms with van der Waals surface area (Å²) in [5.41, 5.74) is 1.14. The normalized spacial score (nSPS) is 13.3. The number of aliphatic hydroxyl groups is 1. The lowest BCUT2D eigenvalue weighted by atomic mass is 10.1. The van der Waals surface area contributed by atoms with Gasteiger partial charge < -0.3 is 5.11 Å². The van der Waals surface area contributed by atoms with Crippen LogP contribution in [0.5, 0.6) is 0 Å². The van der Waals surface area contributed by atoms with Crippen LogP contribution < -0.4 is 0 Å². The van der Waals surface area contributed by atoms with Crippen molar-refractivity contribution in [2.24, 2.45) is 5.92 Å². The van der Waals surface area contributed by atoms with Crippen molar-refractivity contribution in [3.05, 3.63) is 66.2 Å². The quantitative estimate of drug-likeness (QED) is 0.689. The van der Waals surface area contributed by atoms with Gasteiger partial charge >= 0.3 is 0 Å². The van der Waals surface area contributed by atoms with Gasteiger partial charge in [-0.3, -0.25) is 0 Å². The van der Waals surface area contributed by atoms with Crippen LogP contribution in [0.25, 0.3) is 0 Å². The van der Waals surface area contributed by atoms with Gasteiger partial charge in [0.1, 0.15) is 0 Å². The first kappa shape index (κ1) is 20.6. The highest BCUT2D eigenvalue weighted by atomic mass is 32.2. The molecule has 0 bridgehead atoms. The molecule has 0 radical (unpaired) electrons. The van der Waals surface area contributed by atoms with E-state index >= 15 is 0 Å². The van der Waals surface area contributed by atoms with Crippen molar-refractivity contribution in [2.45, 2.75) is 44.1 Å². The molecule has 0 spiro atoms. The number of sulfonamides is 1. The second kappa shape index (κ2) is 9.86. The lowest BCUT2D eigenvalue weighted by molar-refractivity contribution is 0.135. The van der Waals surface area contributed by atoms with Gasteiger partial charge in [-0.2, -0.15) is 4.31 Å². The minimum absolute atomic E-state index is 0.122. The molecule has 4 nitrogen and oxygen atoms in total. The Kier molecular flexibility index (Phi) is 7.82. The van der Waals surface area contributed by atoms with E-state index in [1.807, 2.05) is 30.3 Å². The predicted molar refractivity (Wildman–Crippen MR) is 105 cm³/mol. The molecule has 1 atom stereocenters. The van der Waals surface area contributed by atoms with Crippen LogP contribution in [0.2, 0.25) is 0 Å². The van der Waals surface area contributed by atoms with E-state index in [1.54, 1.807) is 30.3 Å². The summed E-state index contributed by atoms with van der Waals surface area (Å²) < 4.78 is 27.4. The van der Waals surface area contributed by atoms with Gasteiger partial charge in [0, 0.05) is 13.1 Å². The average Bonchev–Trinajstić information content (AvgIpc) is 2.64. The monoisotopic (exact) mass is 375 g/mol. The molecule has 1 N–H and O–H groups in total. The van der Waals surface area contributed by atoms with Gasteiger partial charge in [0.2, 0.25) is 10.0 Å². The van der Waals surface area contributed by atoms with Gasteiger partial charge in [-0.25, -0.2) is 8.42 Å². The Morgan fingerprint density at radius 2 is 1.50 bits per heavy atom. The Morgan fingerprint density at radius 1 is 0.923 bits per heavy atom. The maximum Gasteiger partial charge on any atom is 0.243 e. The number of benzene rings is 2. The third kappa shape index (κ3) is 6.24. The Bertz CT molecular complexity index is 745. The molecule has 0 amide bonds. The van der Waals surface area contributed by atoms with Gasteiger partial charge in [0.15, 0.2) is 0 Å². The van der Waals surface area contributed by atoms with Crippen molar-refractivity contribution < 1.29 is 13.5 Å². The van der Waals surface area contributed by atoms with E-state index in [1.165, 1.54) is 4.31 Å². The Morgan fingerprint density at radius 3 is 2.08 bits per heavy atom. The van der Waals surface area contributed by atoms with E-state index in [4.69, 9.17) is 0 Å². The number of nitrogens with zero attached hydrogens (tertiary/aromatic N) is 1. The van der Waals surface area contributed by atoms with Crippen LogP contribution in [-0.4, -0.2) is 37.0 Å². The molecule has 26 heavy (non-hydrogen) atoms. The lowest BCUT2D eigenvalue weighted by Gasteiger charge is -2.25. The summed E-state index contributed by atoms with van der Waals surface area (Å²) in [6, 6.07) is 18.4. The molecule has 0 aliphatic heterocycles. The fraction of sp³-hybridized carbons (Fsp3) is 0.429. The summed E-state index contributed by atoms with van der Waals surface area (Å²) in [6.07, 6.45) is 1.33. The molecule has 142 valence electrons. The SMILES string of the molecule is CC(C)CCN(C[C@H](O)CCc1ccccc1)S(=O)(=O)c1ccccc1. The van der Waals surface area contributed by atoms with Crippen molar-refractivity contribution >= 4 is 10.0 Å². The molecule has 0 aliphatic rings. The molecular weight excluding hydrogens is 346 g/mol. The Hall–Kier alpha value is -1.69. The van der Waals surface area contributed by atoms with Crippen LogP contribution in [0.1, 0.15) is 32.3 Å². The molecule has 0 saturated heterocycles. The highest BCUT2D eigenvalue weighted by molar-refractivity contribution is 7.89. The van der Waals surface area contributed by atoms with Crippen molar-refractivity contribution in [1.82, 2.24) is 4.31 Å². The Labute approximate surface area is 157 Å². The first-order chi connectivity index (χ1) is 12.4. The molecule has 5 heteroatoms. The summed E-state index contributed by atoms with van der Waals surface area (Å²) >= 11 is 0. The van der Waals surface area contributed by atoms with Crippen molar-refractivity contribution in [3.8, 4) is 0 Å². The first-order valence-corrected chi connectivity index (χ1v) is 10.6. The van der Waals surface area contributed by atoms with Crippen LogP contribution in [0.3, 0.4) is 0 Å². The number of rotatable bonds is 10. The minimum Gasteiger partial charge on any atom is -0.392 e. The first-order valence-electron chi connectivity index (χ1n) is 9.17. The number of hydrogen-bond acceptors (Lipinski definition) is 3. The highest BCUT2D eigenvalue weighted by Crippen LogP contribution is 2.18. The fourth-order valence-electron chi connectivity index (χ4n) is 2.76. The van der Waals surface area contributed by atoms with E-state index < -0.39 is 16.1 Å². The van der Waals surface area contributed by atoms with Crippen LogP contribution in [0, 0.1) is 5.92 Å². The van der Waals surface area contributed by atoms with E-state index in [9.17, 15) is 13.5 Å². The summed E-state index contributed by atoms with van der Waals surface area (Å²) in [7, 11) is -3.60. The number of hydrogen-bond donors (Lipinski definition) is 1. The molecule has 0 aromatic heterocycles. The molecule has 0 aliphatic carbocycles. The molecule has 0 heterocycles. The van der Waals surface area contributed by atoms with Gasteiger partial charge in [-0.15, -0.1) is 0 Å². The smallest absolute Gasteiger partial charge is 0.243 e. The largest absolute Gasteiger partial charge is 0.392 e. The van der Waals surface area contributed by atoms with Gasteiger partial charge in [-0.1, -0.05) is 62.4 Å². The maximum absolute atomic E-state index is 13.0. The van der Waals surface area contributed by atoms with Gasteiger partial charge in [0.25, 0.3) is 0 Å². The third-order valence-corrected chi connectivity index (χ3v) is 6.24. The second-order valence-electron chi connectivity index (χ2n) is 7.04. The molecule has 0 unspecified atom stereocenters. The van der Waals surface area contributed by atoms with Crippen molar-refractivity contribution in [1.29, 1.82) is 0 Å². The second-order valence-corrected chi connectivity index (χ2v) is 8.97. The van der Waals surface area contributed by atoms with E-state index in [0.29, 0.717) is 18.9 Å². The average molecular weight is 376 g/mol. The zero-order valence-electron chi connectivity index (χ0n) is 15.6. The van der Waals surface area contributed by atoms with E-state index in [-0.39, 0.29) is 11.4 Å². The van der Waals surface area contributed by atoms with Gasteiger partial charge in [-0.05, 0) is 42.9 Å². The minimum atomic E-state index is -3.60. The van der Waals surface area contributed by atoms with E-state index in [2.05, 4.69) is 13.8 Å². The van der Waals surface area contributed by atoms with Crippen molar-refractivity contribution in [2.75, 3.05) is 13.1 Å². The summed E-state index contributed by atoms with van der Waals surface area (Å²) in [5.74, 6) is 0.393. The van der Waals surface area contributed by atoms with Crippen molar-refractivity contribution in [3.63, 3.8) is 0 Å². The van der Waals surface area contributed by atoms with E-state index in [0.717, 1.165) is 18.4 Å². The summed E-state index contributed by atoms with van der Waals surface area (Å²) in [4.78, 5) is 0.277. The molecule has 0 fully saturated rings. The number of aryl methyl sites for hydroxylation is 1. The molecular formula is C21H29NO3S. The van der Waals surface area contributed by atoms with Crippen LogP contribution >= 0.6 is 0 Å². The third-order valence-electron chi connectivity index (χ3n) is 4.36. The highest BCUT2D eigenvalue weighted by Gasteiger charge is 2.26. The standard InChI is InChI=1S/C21H29NO3S/c1-18(2)15-16-22(26(24,25)21-11-7-4-8-12-21)17-20(23)14-13-19-9-5-3-6-10-19/h3-12,18,20,23H,13-17H2,1-2H3/t20-/m1/s1. The zero-order valence-corrected chi connectivity index (χ0v) is 16.4. The van der Waals surface area contributed by atoms with Crippen LogP contribution in [0.4, 0.5) is 0 Å². The van der Waals surface area contributed by atoms with Crippen LogP contribution in [0.15, 0.2) is 65.6 Å². The topological polar surface area (TPSA) is 57.6 Å². The fourth-order valence-corrected chi connectivity index (χ4v) is 4.27. The molecule has 0 saturated carbocycles. The summed E-state index contributed by atoms with van der Waals surface area (Å²) in [5, 5.41) is 10.5. The predicted octanol–water partition coefficient (Wildman–Crippen LogP) is 3.72. The number of aliphatic hydroxyl groups excluding tert-OH is 1. The zero-order chi connectivity index (χ0) is 19.0. The summed E-state index contributed by atoms with van der Waals surface area (Å²) in [6.45, 7) is 4.67. The molecule has 2 aromatic carbocycles. The molecule has 2 aromatic rings. The Balaban J connectivity index is 2.06. The van der Waals surface area contributed by atoms with Gasteiger partial charge in [0.05, 0.1) is 11.0 Å². The molecule has 2 rings (SSSR count). The lowest BCUT2D eigenvalue weighted by Crippen LogP contribution is -2.38.